The molecule has 1 aliphatic heterocycles. The quantitative estimate of drug-likeness (QED) is 0.654. The SMILES string of the molecule is Cc1nc2c(-c3ccc(F)cc3F)nc(N3CCO[C@H](C)C3)cn2c(=O)c1Cl. The number of aromatic nitrogens is 3. The van der Waals surface area contributed by atoms with E-state index in [2.05, 4.69) is 9.97 Å². The molecule has 0 bridgehead atoms. The number of fused-ring (bicyclic) bond motifs is 1. The molecule has 3 heterocycles. The summed E-state index contributed by atoms with van der Waals surface area (Å²) in [6.07, 6.45) is 1.52. The highest BCUT2D eigenvalue weighted by Gasteiger charge is 2.23. The maximum atomic E-state index is 14.5. The van der Waals surface area contributed by atoms with Gasteiger partial charge in [-0.05, 0) is 26.0 Å². The lowest BCUT2D eigenvalue weighted by Crippen LogP contribution is -2.41. The molecule has 1 atom stereocenters. The summed E-state index contributed by atoms with van der Waals surface area (Å²) in [4.78, 5) is 23.6. The van der Waals surface area contributed by atoms with Gasteiger partial charge in [0.15, 0.2) is 5.65 Å². The van der Waals surface area contributed by atoms with E-state index in [0.717, 1.165) is 12.1 Å². The number of halogens is 3. The summed E-state index contributed by atoms with van der Waals surface area (Å²) in [5, 5.41) is -0.0180. The van der Waals surface area contributed by atoms with Crippen molar-refractivity contribution in [3.05, 3.63) is 57.1 Å². The second-order valence-electron chi connectivity index (χ2n) is 6.71. The zero-order valence-electron chi connectivity index (χ0n) is 15.2. The van der Waals surface area contributed by atoms with E-state index >= 15 is 0 Å². The molecular weight excluding hydrogens is 390 g/mol. The summed E-state index contributed by atoms with van der Waals surface area (Å²) < 4.78 is 34.7. The second-order valence-corrected chi connectivity index (χ2v) is 7.09. The average molecular weight is 407 g/mol. The van der Waals surface area contributed by atoms with Crippen LogP contribution in [0.25, 0.3) is 16.9 Å². The lowest BCUT2D eigenvalue weighted by Gasteiger charge is -2.32. The Kier molecular flexibility index (Phi) is 4.76. The predicted octanol–water partition coefficient (Wildman–Crippen LogP) is 3.22. The van der Waals surface area contributed by atoms with Crippen molar-refractivity contribution >= 4 is 23.1 Å². The minimum atomic E-state index is -0.788. The van der Waals surface area contributed by atoms with Crippen molar-refractivity contribution in [2.75, 3.05) is 24.6 Å². The fourth-order valence-electron chi connectivity index (χ4n) is 3.26. The van der Waals surface area contributed by atoms with Crippen LogP contribution in [-0.2, 0) is 4.74 Å². The zero-order chi connectivity index (χ0) is 20.0. The number of morpholine rings is 1. The number of aryl methyl sites for hydroxylation is 1. The van der Waals surface area contributed by atoms with Crippen molar-refractivity contribution in [2.45, 2.75) is 20.0 Å². The van der Waals surface area contributed by atoms with Gasteiger partial charge < -0.3 is 9.64 Å². The number of hydrogen-bond donors (Lipinski definition) is 0. The Morgan fingerprint density at radius 1 is 1.29 bits per heavy atom. The first kappa shape index (κ1) is 18.8. The highest BCUT2D eigenvalue weighted by atomic mass is 35.5. The molecule has 0 saturated carbocycles. The molecule has 1 fully saturated rings. The Hall–Kier alpha value is -2.58. The van der Waals surface area contributed by atoms with Crippen LogP contribution in [0.3, 0.4) is 0 Å². The standard InChI is InChI=1S/C19H17ClF2N4O2/c1-10-8-25(5-6-28-10)15-9-26-18(23-11(2)16(20)19(26)27)17(24-15)13-4-3-12(21)7-14(13)22/h3-4,7,9-10H,5-6,8H2,1-2H3/t10-/m1/s1. The van der Waals surface area contributed by atoms with E-state index in [1.165, 1.54) is 10.5 Å². The molecule has 6 nitrogen and oxygen atoms in total. The third kappa shape index (κ3) is 3.22. The van der Waals surface area contributed by atoms with Crippen molar-refractivity contribution in [3.63, 3.8) is 0 Å². The number of nitrogens with zero attached hydrogens (tertiary/aromatic N) is 4. The lowest BCUT2D eigenvalue weighted by atomic mass is 10.1. The molecule has 1 saturated heterocycles. The fraction of sp³-hybridized carbons (Fsp3) is 0.316. The summed E-state index contributed by atoms with van der Waals surface area (Å²) in [7, 11) is 0. The predicted molar refractivity (Wildman–Crippen MR) is 102 cm³/mol. The first-order valence-electron chi connectivity index (χ1n) is 8.76. The highest BCUT2D eigenvalue weighted by molar-refractivity contribution is 6.31. The van der Waals surface area contributed by atoms with Crippen LogP contribution >= 0.6 is 11.6 Å². The van der Waals surface area contributed by atoms with Gasteiger partial charge in [0.2, 0.25) is 0 Å². The van der Waals surface area contributed by atoms with Gasteiger partial charge in [-0.25, -0.2) is 18.7 Å². The molecule has 0 amide bonds. The topological polar surface area (TPSA) is 59.7 Å². The molecule has 3 aromatic rings. The minimum Gasteiger partial charge on any atom is -0.375 e. The van der Waals surface area contributed by atoms with Crippen LogP contribution in [-0.4, -0.2) is 40.2 Å². The molecular formula is C19H17ClF2N4O2. The Morgan fingerprint density at radius 2 is 2.07 bits per heavy atom. The Bertz CT molecular complexity index is 1140. The van der Waals surface area contributed by atoms with Crippen LogP contribution in [0.4, 0.5) is 14.6 Å². The van der Waals surface area contributed by atoms with Crippen molar-refractivity contribution < 1.29 is 13.5 Å². The van der Waals surface area contributed by atoms with Gasteiger partial charge >= 0.3 is 0 Å². The highest BCUT2D eigenvalue weighted by Crippen LogP contribution is 2.28. The maximum absolute atomic E-state index is 14.5. The first-order valence-corrected chi connectivity index (χ1v) is 9.14. The molecule has 9 heteroatoms. The molecule has 4 rings (SSSR count). The van der Waals surface area contributed by atoms with Crippen LogP contribution in [0.15, 0.2) is 29.2 Å². The van der Waals surface area contributed by atoms with E-state index in [1.54, 1.807) is 13.1 Å². The van der Waals surface area contributed by atoms with E-state index in [0.29, 0.717) is 31.2 Å². The van der Waals surface area contributed by atoms with E-state index in [1.807, 2.05) is 11.8 Å². The number of benzene rings is 1. The van der Waals surface area contributed by atoms with Gasteiger partial charge in [-0.1, -0.05) is 11.6 Å². The number of hydrogen-bond acceptors (Lipinski definition) is 5. The van der Waals surface area contributed by atoms with Gasteiger partial charge in [-0.2, -0.15) is 0 Å². The van der Waals surface area contributed by atoms with Crippen LogP contribution in [0.5, 0.6) is 0 Å². The average Bonchev–Trinajstić information content (AvgIpc) is 2.66. The number of anilines is 1. The number of ether oxygens (including phenoxy) is 1. The monoisotopic (exact) mass is 406 g/mol. The maximum Gasteiger partial charge on any atom is 0.277 e. The Labute approximate surface area is 164 Å². The van der Waals surface area contributed by atoms with Crippen molar-refractivity contribution in [1.82, 2.24) is 14.4 Å². The van der Waals surface area contributed by atoms with Gasteiger partial charge in [0.25, 0.3) is 5.56 Å². The smallest absolute Gasteiger partial charge is 0.277 e. The molecule has 1 aliphatic rings. The molecule has 28 heavy (non-hydrogen) atoms. The van der Waals surface area contributed by atoms with Crippen molar-refractivity contribution in [3.8, 4) is 11.3 Å². The van der Waals surface area contributed by atoms with E-state index in [9.17, 15) is 13.6 Å². The molecule has 146 valence electrons. The summed E-state index contributed by atoms with van der Waals surface area (Å²) in [6.45, 7) is 5.15. The van der Waals surface area contributed by atoms with Gasteiger partial charge in [0.05, 0.1) is 24.6 Å². The second kappa shape index (κ2) is 7.10. The Morgan fingerprint density at radius 3 is 2.79 bits per heavy atom. The molecule has 0 radical (unpaired) electrons. The van der Waals surface area contributed by atoms with Gasteiger partial charge in [0.1, 0.15) is 28.2 Å². The summed E-state index contributed by atoms with van der Waals surface area (Å²) in [5.41, 5.74) is 0.187. The van der Waals surface area contributed by atoms with Crippen molar-refractivity contribution in [1.29, 1.82) is 0 Å². The molecule has 0 N–H and O–H groups in total. The lowest BCUT2D eigenvalue weighted by molar-refractivity contribution is 0.0529. The molecule has 1 aromatic carbocycles. The van der Waals surface area contributed by atoms with Gasteiger partial charge in [-0.3, -0.25) is 9.20 Å². The molecule has 0 aliphatic carbocycles. The van der Waals surface area contributed by atoms with Crippen LogP contribution in [0.1, 0.15) is 12.6 Å². The van der Waals surface area contributed by atoms with Crippen LogP contribution in [0.2, 0.25) is 5.02 Å². The molecule has 0 spiro atoms. The van der Waals surface area contributed by atoms with Gasteiger partial charge in [-0.15, -0.1) is 0 Å². The van der Waals surface area contributed by atoms with Crippen molar-refractivity contribution in [2.24, 2.45) is 0 Å². The normalized spacial score (nSPS) is 17.3. The van der Waals surface area contributed by atoms with Gasteiger partial charge in [0, 0.05) is 24.7 Å². The van der Waals surface area contributed by atoms with E-state index in [4.69, 9.17) is 16.3 Å². The minimum absolute atomic E-state index is 0.0180. The fourth-order valence-corrected chi connectivity index (χ4v) is 3.39. The summed E-state index contributed by atoms with van der Waals surface area (Å²) >= 11 is 6.09. The largest absolute Gasteiger partial charge is 0.375 e. The third-order valence-electron chi connectivity index (χ3n) is 4.66. The Balaban J connectivity index is 2.02. The van der Waals surface area contributed by atoms with E-state index < -0.39 is 17.2 Å². The third-order valence-corrected chi connectivity index (χ3v) is 5.10. The first-order chi connectivity index (χ1) is 13.3. The summed E-state index contributed by atoms with van der Waals surface area (Å²) in [5.74, 6) is -1.03. The number of rotatable bonds is 2. The molecule has 0 unspecified atom stereocenters. The van der Waals surface area contributed by atoms with Crippen LogP contribution in [0, 0.1) is 18.6 Å². The summed E-state index contributed by atoms with van der Waals surface area (Å²) in [6, 6.07) is 3.20. The van der Waals surface area contributed by atoms with E-state index in [-0.39, 0.29) is 28.0 Å². The molecule has 2 aromatic heterocycles. The van der Waals surface area contributed by atoms with Crippen LogP contribution < -0.4 is 10.5 Å². The zero-order valence-corrected chi connectivity index (χ0v) is 16.0.